The average Bonchev–Trinajstić information content (AvgIpc) is 3.90. The topological polar surface area (TPSA) is 151 Å². The summed E-state index contributed by atoms with van der Waals surface area (Å²) in [5.74, 6) is 1.27. The third-order valence-corrected chi connectivity index (χ3v) is 10.7. The Morgan fingerprint density at radius 3 is 2.72 bits per heavy atom. The molecule has 1 aliphatic heterocycles. The van der Waals surface area contributed by atoms with Gasteiger partial charge < -0.3 is 24.3 Å². The van der Waals surface area contributed by atoms with Crippen molar-refractivity contribution in [2.45, 2.75) is 102 Å². The standard InChI is InChI=1S/C31H44ClN8O5PS/c1-5-22(13-10-20(3)32)45-46(37-31(14-15-31)29(41)44-23-8-6-7-9-23)42-17-24-16-19(2)28(43-24)39-18-34-25-26(39)35-30(33)36-27(25)40(38-47-4)21-11-12-21/h5,10,13,18-19,21,23-24,28,37-38H,3,6-9,11-12,14-17H2,1-2,4H3,(H2,33,35,36)/b13-10-,22-5+. The van der Waals surface area contributed by atoms with E-state index in [9.17, 15) is 4.79 Å². The molecule has 16 heteroatoms. The number of rotatable bonds is 16. The average molecular weight is 707 g/mol. The predicted octanol–water partition coefficient (Wildman–Crippen LogP) is 6.16. The molecule has 4 fully saturated rings. The summed E-state index contributed by atoms with van der Waals surface area (Å²) in [6.45, 7) is 7.95. The highest BCUT2D eigenvalue weighted by molar-refractivity contribution is 7.96. The number of hydrogen-bond acceptors (Lipinski definition) is 13. The molecular weight excluding hydrogens is 663 g/mol. The summed E-state index contributed by atoms with van der Waals surface area (Å²) in [5, 5.41) is 5.78. The Morgan fingerprint density at radius 2 is 2.06 bits per heavy atom. The lowest BCUT2D eigenvalue weighted by atomic mass is 10.1. The normalized spacial score (nSPS) is 25.0. The number of anilines is 2. The Labute approximate surface area is 286 Å². The highest BCUT2D eigenvalue weighted by Crippen LogP contribution is 2.49. The second-order valence-corrected chi connectivity index (χ2v) is 14.9. The molecule has 4 atom stereocenters. The van der Waals surface area contributed by atoms with E-state index >= 15 is 0 Å². The number of aromatic nitrogens is 4. The first-order valence-corrected chi connectivity index (χ1v) is 19.0. The third kappa shape index (κ3) is 8.24. The highest BCUT2D eigenvalue weighted by atomic mass is 35.5. The molecule has 0 radical (unpaired) electrons. The number of hydrazine groups is 1. The van der Waals surface area contributed by atoms with Gasteiger partial charge in [-0.1, -0.05) is 37.1 Å². The molecule has 2 aromatic rings. The number of ether oxygens (including phenoxy) is 2. The predicted molar refractivity (Wildman–Crippen MR) is 185 cm³/mol. The zero-order valence-electron chi connectivity index (χ0n) is 27.1. The number of esters is 1. The minimum Gasteiger partial charge on any atom is -0.461 e. The van der Waals surface area contributed by atoms with Crippen LogP contribution in [0.15, 0.2) is 41.9 Å². The van der Waals surface area contributed by atoms with Crippen molar-refractivity contribution in [3.63, 3.8) is 0 Å². The smallest absolute Gasteiger partial charge is 0.327 e. The zero-order valence-corrected chi connectivity index (χ0v) is 29.5. The van der Waals surface area contributed by atoms with Crippen LogP contribution >= 0.6 is 32.1 Å². The van der Waals surface area contributed by atoms with Gasteiger partial charge in [0.15, 0.2) is 17.0 Å². The number of nitrogens with two attached hydrogens (primary N) is 1. The summed E-state index contributed by atoms with van der Waals surface area (Å²) in [5.41, 5.74) is 6.67. The van der Waals surface area contributed by atoms with E-state index in [0.29, 0.717) is 46.7 Å². The molecule has 4 unspecified atom stereocenters. The number of hydrogen-bond donors (Lipinski definition) is 3. The second kappa shape index (κ2) is 15.0. The number of carbonyl (C=O) groups is 1. The van der Waals surface area contributed by atoms with Crippen LogP contribution < -0.4 is 20.7 Å². The fraction of sp³-hybridized carbons (Fsp3) is 0.613. The van der Waals surface area contributed by atoms with E-state index in [2.05, 4.69) is 33.4 Å². The van der Waals surface area contributed by atoms with Gasteiger partial charge in [0.2, 0.25) is 5.95 Å². The maximum atomic E-state index is 13.2. The van der Waals surface area contributed by atoms with E-state index in [1.165, 1.54) is 11.9 Å². The van der Waals surface area contributed by atoms with E-state index < -0.39 is 14.1 Å². The molecule has 3 aliphatic carbocycles. The van der Waals surface area contributed by atoms with E-state index in [-0.39, 0.29) is 42.9 Å². The molecule has 3 heterocycles. The molecule has 13 nitrogen and oxygen atoms in total. The monoisotopic (exact) mass is 706 g/mol. The van der Waals surface area contributed by atoms with Crippen molar-refractivity contribution in [2.24, 2.45) is 5.92 Å². The third-order valence-electron chi connectivity index (χ3n) is 8.78. The lowest BCUT2D eigenvalue weighted by Crippen LogP contribution is -2.40. The van der Waals surface area contributed by atoms with Gasteiger partial charge in [0, 0.05) is 17.0 Å². The van der Waals surface area contributed by atoms with Crippen LogP contribution in [0.4, 0.5) is 11.8 Å². The van der Waals surface area contributed by atoms with Gasteiger partial charge in [-0.3, -0.25) is 14.4 Å². The maximum absolute atomic E-state index is 13.2. The van der Waals surface area contributed by atoms with Crippen molar-refractivity contribution >= 4 is 61.0 Å². The molecule has 0 aromatic carbocycles. The fourth-order valence-corrected chi connectivity index (χ4v) is 7.95. The molecule has 6 rings (SSSR count). The van der Waals surface area contributed by atoms with E-state index in [4.69, 9.17) is 40.8 Å². The summed E-state index contributed by atoms with van der Waals surface area (Å²) in [6.07, 6.45) is 16.5. The Kier molecular flexibility index (Phi) is 11.0. The molecule has 47 heavy (non-hydrogen) atoms. The van der Waals surface area contributed by atoms with Crippen molar-refractivity contribution in [1.82, 2.24) is 29.4 Å². The van der Waals surface area contributed by atoms with E-state index in [0.717, 1.165) is 44.9 Å². The molecule has 0 amide bonds. The van der Waals surface area contributed by atoms with Crippen LogP contribution in [-0.2, 0) is 23.3 Å². The quantitative estimate of drug-likeness (QED) is 0.0457. The Bertz CT molecular complexity index is 1510. The number of halogens is 1. The van der Waals surface area contributed by atoms with Gasteiger partial charge in [0.05, 0.1) is 19.0 Å². The number of nitrogens with zero attached hydrogens (tertiary/aromatic N) is 5. The van der Waals surface area contributed by atoms with Crippen LogP contribution in [0.2, 0.25) is 0 Å². The lowest BCUT2D eigenvalue weighted by Gasteiger charge is -2.26. The molecule has 0 spiro atoms. The van der Waals surface area contributed by atoms with Gasteiger partial charge in [-0.25, -0.2) is 10.1 Å². The summed E-state index contributed by atoms with van der Waals surface area (Å²) < 4.78 is 27.0. The molecule has 4 aliphatic rings. The first kappa shape index (κ1) is 34.4. The summed E-state index contributed by atoms with van der Waals surface area (Å²) in [4.78, 5) is 30.4. The van der Waals surface area contributed by atoms with Crippen molar-refractivity contribution < 1.29 is 23.3 Å². The van der Waals surface area contributed by atoms with Crippen LogP contribution in [0, 0.1) is 5.92 Å². The molecule has 0 bridgehead atoms. The summed E-state index contributed by atoms with van der Waals surface area (Å²) in [6, 6.07) is 0.339. The van der Waals surface area contributed by atoms with E-state index in [1.54, 1.807) is 18.5 Å². The van der Waals surface area contributed by atoms with Gasteiger partial charge in [-0.15, -0.1) is 0 Å². The minimum atomic E-state index is -1.74. The van der Waals surface area contributed by atoms with Crippen molar-refractivity contribution in [1.29, 1.82) is 0 Å². The van der Waals surface area contributed by atoms with Gasteiger partial charge >= 0.3 is 14.5 Å². The Morgan fingerprint density at radius 1 is 1.30 bits per heavy atom. The van der Waals surface area contributed by atoms with Crippen LogP contribution in [0.25, 0.3) is 11.2 Å². The Balaban J connectivity index is 1.15. The van der Waals surface area contributed by atoms with Crippen molar-refractivity contribution in [3.8, 4) is 0 Å². The summed E-state index contributed by atoms with van der Waals surface area (Å²) >= 11 is 7.46. The maximum Gasteiger partial charge on any atom is 0.327 e. The summed E-state index contributed by atoms with van der Waals surface area (Å²) in [7, 11) is -1.74. The fourth-order valence-electron chi connectivity index (χ4n) is 5.97. The number of fused-ring (bicyclic) bond motifs is 1. The van der Waals surface area contributed by atoms with Crippen LogP contribution in [0.1, 0.15) is 77.9 Å². The number of imidazole rings is 1. The molecule has 256 valence electrons. The van der Waals surface area contributed by atoms with Gasteiger partial charge in [0.25, 0.3) is 0 Å². The van der Waals surface area contributed by atoms with E-state index in [1.807, 2.05) is 28.8 Å². The van der Waals surface area contributed by atoms with Crippen molar-refractivity contribution in [2.75, 3.05) is 23.6 Å². The van der Waals surface area contributed by atoms with Gasteiger partial charge in [-0.2, -0.15) is 14.8 Å². The molecular formula is C31H44ClN8O5PS. The molecule has 1 saturated heterocycles. The number of allylic oxidation sites excluding steroid dienone is 4. The van der Waals surface area contributed by atoms with Gasteiger partial charge in [-0.05, 0) is 89.2 Å². The number of nitrogen functional groups attached to an aromatic ring is 1. The highest BCUT2D eigenvalue weighted by Gasteiger charge is 2.54. The van der Waals surface area contributed by atoms with Crippen LogP contribution in [0.3, 0.4) is 0 Å². The first-order valence-electron chi connectivity index (χ1n) is 16.2. The minimum absolute atomic E-state index is 0.0153. The largest absolute Gasteiger partial charge is 0.461 e. The van der Waals surface area contributed by atoms with Crippen molar-refractivity contribution in [3.05, 3.63) is 41.9 Å². The lowest BCUT2D eigenvalue weighted by molar-refractivity contribution is -0.152. The molecule has 4 N–H and O–H groups in total. The number of nitrogens with one attached hydrogen (secondary N) is 2. The second-order valence-electron chi connectivity index (χ2n) is 12.6. The van der Waals surface area contributed by atoms with Crippen LogP contribution in [-0.4, -0.2) is 62.1 Å². The van der Waals surface area contributed by atoms with Crippen LogP contribution in [0.5, 0.6) is 0 Å². The molecule has 3 saturated carbocycles. The zero-order chi connectivity index (χ0) is 33.1. The Hall–Kier alpha value is -2.45. The number of carbonyl (C=O) groups excluding carboxylic acids is 1. The SMILES string of the molecule is C=C(Cl)/C=C\C(=C/C)OP(NC1(C(=O)OC2CCCC2)CC1)OCC1CC(C)C(n2cnc3c(N(NSC)C4CC4)nc(N)nc32)O1. The first-order chi connectivity index (χ1) is 22.7. The van der Waals surface area contributed by atoms with Gasteiger partial charge in [0.1, 0.15) is 23.6 Å². The molecule has 2 aromatic heterocycles.